The number of nitrogens with zero attached hydrogens (tertiary/aromatic N) is 2. The molecule has 0 N–H and O–H groups in total. The largest absolute Gasteiger partial charge is 0.341 e. The molecule has 0 radical (unpaired) electrons. The van der Waals surface area contributed by atoms with E-state index in [-0.39, 0.29) is 23.8 Å². The van der Waals surface area contributed by atoms with Gasteiger partial charge in [0.15, 0.2) is 0 Å². The van der Waals surface area contributed by atoms with Gasteiger partial charge >= 0.3 is 0 Å². The van der Waals surface area contributed by atoms with E-state index in [4.69, 9.17) is 0 Å². The minimum atomic E-state index is -3.89. The Kier molecular flexibility index (Phi) is 5.97. The molecule has 1 aromatic carbocycles. The Hall–Kier alpha value is -1.47. The van der Waals surface area contributed by atoms with Crippen molar-refractivity contribution in [3.05, 3.63) is 29.8 Å². The van der Waals surface area contributed by atoms with Crippen molar-refractivity contribution in [3.8, 4) is 0 Å². The van der Waals surface area contributed by atoms with Crippen molar-refractivity contribution >= 4 is 15.9 Å². The van der Waals surface area contributed by atoms with Crippen LogP contribution >= 0.6 is 0 Å². The summed E-state index contributed by atoms with van der Waals surface area (Å²) < 4.78 is 41.2. The highest BCUT2D eigenvalue weighted by molar-refractivity contribution is 7.89. The van der Waals surface area contributed by atoms with E-state index in [1.165, 1.54) is 0 Å². The molecule has 3 rings (SSSR count). The Morgan fingerprint density at radius 2 is 1.81 bits per heavy atom. The van der Waals surface area contributed by atoms with Crippen molar-refractivity contribution in [2.45, 2.75) is 62.6 Å². The molecular weight excluding hydrogens is 355 g/mol. The molecule has 2 fully saturated rings. The molecule has 2 heterocycles. The Labute approximate surface area is 155 Å². The second-order valence-electron chi connectivity index (χ2n) is 7.20. The number of rotatable bonds is 5. The van der Waals surface area contributed by atoms with Crippen LogP contribution in [0, 0.1) is 0 Å². The summed E-state index contributed by atoms with van der Waals surface area (Å²) >= 11 is 0. The van der Waals surface area contributed by atoms with Crippen LogP contribution in [0.25, 0.3) is 0 Å². The van der Waals surface area contributed by atoms with Crippen LogP contribution in [0.2, 0.25) is 0 Å². The van der Waals surface area contributed by atoms with Crippen molar-refractivity contribution in [2.24, 2.45) is 0 Å². The standard InChI is InChI=1S/C19H27FN2O3S/c1-2-6-15-7-9-17(10-8-15)26(24,25)22-14-16(20)13-18(22)19(23)21-11-4-3-5-12-21/h7-10,16,18H,2-6,11-14H2,1H3/t16-,18-/m0/s1. The van der Waals surface area contributed by atoms with E-state index in [2.05, 4.69) is 6.92 Å². The van der Waals surface area contributed by atoms with Gasteiger partial charge in [0.05, 0.1) is 4.90 Å². The van der Waals surface area contributed by atoms with Crippen LogP contribution in [-0.4, -0.2) is 55.4 Å². The maximum absolute atomic E-state index is 14.1. The van der Waals surface area contributed by atoms with Crippen LogP contribution in [0.3, 0.4) is 0 Å². The molecule has 0 unspecified atom stereocenters. The summed E-state index contributed by atoms with van der Waals surface area (Å²) in [5.41, 5.74) is 1.07. The van der Waals surface area contributed by atoms with Crippen molar-refractivity contribution in [1.29, 1.82) is 0 Å². The van der Waals surface area contributed by atoms with Gasteiger partial charge in [0.1, 0.15) is 12.2 Å². The normalized spacial score (nSPS) is 24.8. The lowest BCUT2D eigenvalue weighted by atomic mass is 10.1. The van der Waals surface area contributed by atoms with Gasteiger partial charge in [0, 0.05) is 26.1 Å². The van der Waals surface area contributed by atoms with E-state index >= 15 is 0 Å². The molecule has 2 atom stereocenters. The lowest BCUT2D eigenvalue weighted by molar-refractivity contribution is -0.135. The number of likely N-dealkylation sites (tertiary alicyclic amines) is 1. The molecule has 0 aliphatic carbocycles. The van der Waals surface area contributed by atoms with Gasteiger partial charge < -0.3 is 4.90 Å². The summed E-state index contributed by atoms with van der Waals surface area (Å²) in [6.45, 7) is 3.08. The molecule has 7 heteroatoms. The van der Waals surface area contributed by atoms with Crippen molar-refractivity contribution in [2.75, 3.05) is 19.6 Å². The molecule has 1 aromatic rings. The fraction of sp³-hybridized carbons (Fsp3) is 0.632. The first-order valence-corrected chi connectivity index (χ1v) is 10.9. The van der Waals surface area contributed by atoms with Gasteiger partial charge in [-0.3, -0.25) is 4.79 Å². The third-order valence-electron chi connectivity index (χ3n) is 5.23. The molecular formula is C19H27FN2O3S. The molecule has 5 nitrogen and oxygen atoms in total. The number of hydrogen-bond donors (Lipinski definition) is 0. The molecule has 0 spiro atoms. The van der Waals surface area contributed by atoms with Gasteiger partial charge in [-0.05, 0) is 43.4 Å². The summed E-state index contributed by atoms with van der Waals surface area (Å²) in [6, 6.07) is 5.79. The summed E-state index contributed by atoms with van der Waals surface area (Å²) in [4.78, 5) is 14.6. The first kappa shape index (κ1) is 19.3. The van der Waals surface area contributed by atoms with Gasteiger partial charge in [0.2, 0.25) is 15.9 Å². The average Bonchev–Trinajstić information content (AvgIpc) is 3.05. The number of alkyl halides is 1. The predicted octanol–water partition coefficient (Wildman–Crippen LogP) is 2.75. The topological polar surface area (TPSA) is 57.7 Å². The van der Waals surface area contributed by atoms with Crippen LogP contribution < -0.4 is 0 Å². The highest BCUT2D eigenvalue weighted by Gasteiger charge is 2.45. The number of halogens is 1. The molecule has 26 heavy (non-hydrogen) atoms. The quantitative estimate of drug-likeness (QED) is 0.787. The number of amides is 1. The Morgan fingerprint density at radius 3 is 2.42 bits per heavy atom. The van der Waals surface area contributed by atoms with E-state index in [9.17, 15) is 17.6 Å². The Balaban J connectivity index is 1.83. The zero-order chi connectivity index (χ0) is 18.7. The van der Waals surface area contributed by atoms with E-state index in [0.29, 0.717) is 13.1 Å². The van der Waals surface area contributed by atoms with Crippen LogP contribution in [0.15, 0.2) is 29.2 Å². The minimum Gasteiger partial charge on any atom is -0.341 e. The fourth-order valence-corrected chi connectivity index (χ4v) is 5.44. The number of carbonyl (C=O) groups excluding carboxylic acids is 1. The molecule has 2 aliphatic rings. The van der Waals surface area contributed by atoms with Crippen molar-refractivity contribution < 1.29 is 17.6 Å². The van der Waals surface area contributed by atoms with Gasteiger partial charge in [-0.1, -0.05) is 25.5 Å². The van der Waals surface area contributed by atoms with E-state index in [0.717, 1.165) is 42.0 Å². The number of carbonyl (C=O) groups is 1. The first-order chi connectivity index (χ1) is 12.4. The average molecular weight is 383 g/mol. The number of aryl methyl sites for hydroxylation is 1. The summed E-state index contributed by atoms with van der Waals surface area (Å²) in [5, 5.41) is 0. The highest BCUT2D eigenvalue weighted by Crippen LogP contribution is 2.30. The third kappa shape index (κ3) is 3.93. The van der Waals surface area contributed by atoms with Crippen LogP contribution in [0.5, 0.6) is 0 Å². The molecule has 2 aliphatic heterocycles. The zero-order valence-electron chi connectivity index (χ0n) is 15.2. The highest BCUT2D eigenvalue weighted by atomic mass is 32.2. The molecule has 0 bridgehead atoms. The molecule has 144 valence electrons. The van der Waals surface area contributed by atoms with Crippen LogP contribution in [0.1, 0.15) is 44.6 Å². The van der Waals surface area contributed by atoms with Crippen molar-refractivity contribution in [3.63, 3.8) is 0 Å². The predicted molar refractivity (Wildman–Crippen MR) is 98.1 cm³/mol. The monoisotopic (exact) mass is 382 g/mol. The molecule has 1 amide bonds. The Morgan fingerprint density at radius 1 is 1.15 bits per heavy atom. The first-order valence-electron chi connectivity index (χ1n) is 9.47. The third-order valence-corrected chi connectivity index (χ3v) is 7.11. The van der Waals surface area contributed by atoms with Gasteiger partial charge in [-0.15, -0.1) is 0 Å². The number of hydrogen-bond acceptors (Lipinski definition) is 3. The smallest absolute Gasteiger partial charge is 0.243 e. The van der Waals surface area contributed by atoms with Crippen LogP contribution in [-0.2, 0) is 21.2 Å². The number of benzene rings is 1. The molecule has 0 saturated carbocycles. The van der Waals surface area contributed by atoms with E-state index < -0.39 is 22.2 Å². The van der Waals surface area contributed by atoms with Crippen molar-refractivity contribution in [1.82, 2.24) is 9.21 Å². The molecule has 0 aromatic heterocycles. The lowest BCUT2D eigenvalue weighted by Crippen LogP contribution is -2.49. The number of sulfonamides is 1. The van der Waals surface area contributed by atoms with Gasteiger partial charge in [0.25, 0.3) is 0 Å². The summed E-state index contributed by atoms with van der Waals surface area (Å²) in [7, 11) is -3.89. The number of piperidine rings is 1. The van der Waals surface area contributed by atoms with Gasteiger partial charge in [-0.25, -0.2) is 12.8 Å². The SMILES string of the molecule is CCCc1ccc(S(=O)(=O)N2C[C@@H](F)C[C@H]2C(=O)N2CCCCC2)cc1. The summed E-state index contributed by atoms with van der Waals surface area (Å²) in [6.07, 6.45) is 3.42. The maximum Gasteiger partial charge on any atom is 0.243 e. The van der Waals surface area contributed by atoms with Gasteiger partial charge in [-0.2, -0.15) is 4.31 Å². The second-order valence-corrected chi connectivity index (χ2v) is 9.09. The van der Waals surface area contributed by atoms with Crippen LogP contribution in [0.4, 0.5) is 4.39 Å². The lowest BCUT2D eigenvalue weighted by Gasteiger charge is -2.32. The van der Waals surface area contributed by atoms with E-state index in [1.807, 2.05) is 0 Å². The van der Waals surface area contributed by atoms with E-state index in [1.54, 1.807) is 29.2 Å². The fourth-order valence-electron chi connectivity index (χ4n) is 3.82. The molecule has 2 saturated heterocycles. The maximum atomic E-state index is 14.1. The summed E-state index contributed by atoms with van der Waals surface area (Å²) in [5.74, 6) is -0.254. The minimum absolute atomic E-state index is 0.0531. The Bertz CT molecular complexity index is 730. The second kappa shape index (κ2) is 8.05. The zero-order valence-corrected chi connectivity index (χ0v) is 16.0.